The summed E-state index contributed by atoms with van der Waals surface area (Å²) in [4.78, 5) is 26.5. The van der Waals surface area contributed by atoms with Crippen LogP contribution in [0.4, 0.5) is 4.79 Å². The van der Waals surface area contributed by atoms with Gasteiger partial charge in [0.05, 0.1) is 26.2 Å². The minimum Gasteiger partial charge on any atom is -1.00 e. The Balaban J connectivity index is 0.00000420. The number of hydrogen-bond donors (Lipinski definition) is 2. The summed E-state index contributed by atoms with van der Waals surface area (Å²) in [7, 11) is 0. The van der Waals surface area contributed by atoms with Crippen LogP contribution in [0.3, 0.4) is 0 Å². The maximum Gasteiger partial charge on any atom is 0.410 e. The minimum absolute atomic E-state index is 0. The molecule has 0 bridgehead atoms. The van der Waals surface area contributed by atoms with Crippen molar-refractivity contribution in [3.8, 4) is 11.5 Å². The number of nitrogens with two attached hydrogens (primary N) is 2. The van der Waals surface area contributed by atoms with Crippen molar-refractivity contribution in [2.75, 3.05) is 32.8 Å². The smallest absolute Gasteiger partial charge is 0.410 e. The molecule has 0 spiro atoms. The number of ether oxygens (including phenoxy) is 4. The van der Waals surface area contributed by atoms with Crippen molar-refractivity contribution in [1.82, 2.24) is 4.90 Å². The molecule has 2 atom stereocenters. The SMILES string of the molecule is C=CCOC(=O)N1CC[C@H](Oc2ccc(C(Oc3ccc4c(c3)C[N+](=C(N)N)CC4)C(=O)OCC)cc2)C1.[Cl-]. The van der Waals surface area contributed by atoms with E-state index in [1.807, 2.05) is 22.8 Å². The van der Waals surface area contributed by atoms with Gasteiger partial charge in [-0.2, -0.15) is 0 Å². The van der Waals surface area contributed by atoms with Gasteiger partial charge in [-0.05, 0) is 42.3 Å². The third-order valence-electron chi connectivity index (χ3n) is 6.52. The number of nitrogens with zero attached hydrogens (tertiary/aromatic N) is 2. The molecule has 1 saturated heterocycles. The second kappa shape index (κ2) is 13.7. The van der Waals surface area contributed by atoms with Gasteiger partial charge in [0.15, 0.2) is 0 Å². The maximum absolute atomic E-state index is 12.8. The molecule has 11 heteroatoms. The van der Waals surface area contributed by atoms with Gasteiger partial charge in [-0.15, -0.1) is 0 Å². The highest BCUT2D eigenvalue weighted by molar-refractivity contribution is 5.77. The van der Waals surface area contributed by atoms with Crippen molar-refractivity contribution in [2.45, 2.75) is 38.5 Å². The van der Waals surface area contributed by atoms with Crippen LogP contribution in [0.2, 0.25) is 0 Å². The van der Waals surface area contributed by atoms with Crippen LogP contribution in [0.15, 0.2) is 55.1 Å². The molecule has 1 amide bonds. The Morgan fingerprint density at radius 1 is 1.13 bits per heavy atom. The van der Waals surface area contributed by atoms with Crippen LogP contribution in [0.5, 0.6) is 11.5 Å². The number of carbonyl (C=O) groups is 2. The van der Waals surface area contributed by atoms with Gasteiger partial charge in [0.2, 0.25) is 6.10 Å². The normalized spacial score (nSPS) is 16.8. The van der Waals surface area contributed by atoms with Gasteiger partial charge in [-0.3, -0.25) is 16.0 Å². The van der Waals surface area contributed by atoms with E-state index in [9.17, 15) is 9.59 Å². The Labute approximate surface area is 234 Å². The predicted octanol–water partition coefficient (Wildman–Crippen LogP) is -0.508. The Morgan fingerprint density at radius 3 is 2.56 bits per heavy atom. The zero-order valence-electron chi connectivity index (χ0n) is 22.0. The Kier molecular flexibility index (Phi) is 10.4. The molecule has 2 aromatic carbocycles. The number of carbonyl (C=O) groups excluding carboxylic acids is 2. The summed E-state index contributed by atoms with van der Waals surface area (Å²) in [5, 5.41) is 0. The zero-order valence-corrected chi connectivity index (χ0v) is 22.8. The van der Waals surface area contributed by atoms with E-state index in [4.69, 9.17) is 30.4 Å². The van der Waals surface area contributed by atoms with Gasteiger partial charge < -0.3 is 36.3 Å². The number of likely N-dealkylation sites (tertiary alicyclic amines) is 1. The summed E-state index contributed by atoms with van der Waals surface area (Å²) in [5.41, 5.74) is 14.5. The van der Waals surface area contributed by atoms with Crippen LogP contribution in [0.1, 0.15) is 36.1 Å². The summed E-state index contributed by atoms with van der Waals surface area (Å²) in [6.45, 7) is 8.06. The first-order valence-electron chi connectivity index (χ1n) is 12.7. The largest absolute Gasteiger partial charge is 1.00 e. The molecular weight excluding hydrogens is 524 g/mol. The van der Waals surface area contributed by atoms with Gasteiger partial charge in [-0.25, -0.2) is 9.59 Å². The summed E-state index contributed by atoms with van der Waals surface area (Å²) in [6, 6.07) is 12.9. The molecule has 1 unspecified atom stereocenters. The number of amides is 1. The third kappa shape index (κ3) is 7.57. The van der Waals surface area contributed by atoms with Crippen molar-refractivity contribution in [2.24, 2.45) is 11.5 Å². The highest BCUT2D eigenvalue weighted by Crippen LogP contribution is 2.29. The molecule has 0 aliphatic carbocycles. The van der Waals surface area contributed by atoms with Crippen LogP contribution in [-0.4, -0.2) is 66.4 Å². The minimum atomic E-state index is -0.950. The average molecular weight is 559 g/mol. The van der Waals surface area contributed by atoms with Crippen molar-refractivity contribution in [3.05, 3.63) is 71.8 Å². The van der Waals surface area contributed by atoms with Gasteiger partial charge in [0, 0.05) is 24.9 Å². The summed E-state index contributed by atoms with van der Waals surface area (Å²) >= 11 is 0. The molecule has 1 fully saturated rings. The second-order valence-corrected chi connectivity index (χ2v) is 9.19. The predicted molar refractivity (Wildman–Crippen MR) is 141 cm³/mol. The fraction of sp³-hybridized carbons (Fsp3) is 0.393. The van der Waals surface area contributed by atoms with Gasteiger partial charge in [0.25, 0.3) is 0 Å². The van der Waals surface area contributed by atoms with Crippen molar-refractivity contribution in [3.63, 3.8) is 0 Å². The third-order valence-corrected chi connectivity index (χ3v) is 6.52. The van der Waals surface area contributed by atoms with Crippen molar-refractivity contribution < 1.29 is 45.5 Å². The highest BCUT2D eigenvalue weighted by Gasteiger charge is 2.29. The Morgan fingerprint density at radius 2 is 1.87 bits per heavy atom. The van der Waals surface area contributed by atoms with E-state index in [1.165, 1.54) is 11.6 Å². The first kappa shape index (κ1) is 29.6. The van der Waals surface area contributed by atoms with E-state index in [2.05, 4.69) is 6.58 Å². The molecular formula is C28H35ClN4O6. The molecule has 39 heavy (non-hydrogen) atoms. The van der Waals surface area contributed by atoms with Crippen LogP contribution >= 0.6 is 0 Å². The topological polar surface area (TPSA) is 129 Å². The molecule has 0 aromatic heterocycles. The quantitative estimate of drug-likeness (QED) is 0.182. The first-order chi connectivity index (χ1) is 18.4. The Bertz CT molecular complexity index is 1200. The molecule has 210 valence electrons. The van der Waals surface area contributed by atoms with Crippen LogP contribution in [-0.2, 0) is 27.2 Å². The van der Waals surface area contributed by atoms with Crippen LogP contribution in [0.25, 0.3) is 0 Å². The van der Waals surface area contributed by atoms with E-state index in [1.54, 1.807) is 36.1 Å². The number of guanidine groups is 1. The molecule has 0 saturated carbocycles. The lowest BCUT2D eigenvalue weighted by Crippen LogP contribution is -3.00. The first-order valence-corrected chi connectivity index (χ1v) is 12.7. The van der Waals surface area contributed by atoms with E-state index < -0.39 is 12.1 Å². The lowest BCUT2D eigenvalue weighted by atomic mass is 10.0. The average Bonchev–Trinajstić information content (AvgIpc) is 3.39. The molecule has 10 nitrogen and oxygen atoms in total. The number of fused-ring (bicyclic) bond motifs is 1. The molecule has 0 radical (unpaired) electrons. The maximum atomic E-state index is 12.8. The number of rotatable bonds is 9. The van der Waals surface area contributed by atoms with E-state index in [0.29, 0.717) is 43.1 Å². The lowest BCUT2D eigenvalue weighted by molar-refractivity contribution is -0.549. The summed E-state index contributed by atoms with van der Waals surface area (Å²) in [6.07, 6.45) is 1.58. The lowest BCUT2D eigenvalue weighted by Gasteiger charge is -2.22. The molecule has 2 aliphatic heterocycles. The second-order valence-electron chi connectivity index (χ2n) is 9.19. The molecule has 4 rings (SSSR count). The number of hydrogen-bond acceptors (Lipinski definition) is 6. The number of esters is 1. The Hall–Kier alpha value is -3.92. The molecule has 2 aromatic rings. The summed E-state index contributed by atoms with van der Waals surface area (Å²) in [5.74, 6) is 0.984. The van der Waals surface area contributed by atoms with Crippen LogP contribution in [0, 0.1) is 0 Å². The van der Waals surface area contributed by atoms with E-state index in [0.717, 1.165) is 18.5 Å². The zero-order chi connectivity index (χ0) is 27.1. The monoisotopic (exact) mass is 558 g/mol. The van der Waals surface area contributed by atoms with Gasteiger partial charge in [0.1, 0.15) is 24.2 Å². The molecule has 4 N–H and O–H groups in total. The van der Waals surface area contributed by atoms with Crippen molar-refractivity contribution >= 4 is 18.0 Å². The molecule has 2 aliphatic rings. The van der Waals surface area contributed by atoms with E-state index in [-0.39, 0.29) is 43.8 Å². The van der Waals surface area contributed by atoms with E-state index >= 15 is 0 Å². The van der Waals surface area contributed by atoms with Gasteiger partial charge >= 0.3 is 18.0 Å². The fourth-order valence-corrected chi connectivity index (χ4v) is 4.56. The highest BCUT2D eigenvalue weighted by atomic mass is 35.5. The standard InChI is InChI=1S/C28H34N4O6.ClH/c1-3-15-36-28(34)32-14-12-24(18-32)37-22-8-6-20(7-9-22)25(26(33)35-4-2)38-23-10-5-19-11-13-31(27(29)30)17-21(19)16-23;/h3,5-10,16,24-25H,1,4,11-15,17-18H2,2H3,(H3,29,30);1H/t24-,25?;/m0./s1. The number of halogens is 1. The molecule has 2 heterocycles. The van der Waals surface area contributed by atoms with Crippen LogP contribution < -0.4 is 33.3 Å². The summed E-state index contributed by atoms with van der Waals surface area (Å²) < 4.78 is 24.5. The van der Waals surface area contributed by atoms with Gasteiger partial charge in [-0.1, -0.05) is 30.9 Å². The number of benzene rings is 2. The fourth-order valence-electron chi connectivity index (χ4n) is 4.56. The van der Waals surface area contributed by atoms with Crippen molar-refractivity contribution in [1.29, 1.82) is 0 Å².